The third-order valence-electron chi connectivity index (χ3n) is 3.91. The first kappa shape index (κ1) is 16.5. The van der Waals surface area contributed by atoms with Crippen molar-refractivity contribution in [3.05, 3.63) is 29.3 Å². The van der Waals surface area contributed by atoms with Crippen LogP contribution in [0.5, 0.6) is 0 Å². The first-order chi connectivity index (χ1) is 9.38. The number of nitrogen functional groups attached to an aromatic ring is 1. The van der Waals surface area contributed by atoms with E-state index in [1.165, 1.54) is 25.7 Å². The zero-order valence-corrected chi connectivity index (χ0v) is 12.9. The number of carbonyl (C=O) groups is 1. The van der Waals surface area contributed by atoms with E-state index in [9.17, 15) is 9.90 Å². The van der Waals surface area contributed by atoms with Crippen LogP contribution in [-0.2, 0) is 5.41 Å². The molecule has 1 rings (SSSR count). The molecule has 0 aliphatic carbocycles. The van der Waals surface area contributed by atoms with Crippen LogP contribution in [-0.4, -0.2) is 11.1 Å². The Morgan fingerprint density at radius 1 is 1.20 bits per heavy atom. The van der Waals surface area contributed by atoms with Crippen LogP contribution in [0, 0.1) is 0 Å². The monoisotopic (exact) mass is 277 g/mol. The van der Waals surface area contributed by atoms with Gasteiger partial charge in [0.25, 0.3) is 0 Å². The fourth-order valence-corrected chi connectivity index (χ4v) is 2.61. The van der Waals surface area contributed by atoms with Crippen LogP contribution >= 0.6 is 0 Å². The topological polar surface area (TPSA) is 63.3 Å². The largest absolute Gasteiger partial charge is 0.478 e. The van der Waals surface area contributed by atoms with Crippen molar-refractivity contribution >= 4 is 11.7 Å². The lowest BCUT2D eigenvalue weighted by molar-refractivity contribution is 0.0694. The molecule has 0 bridgehead atoms. The summed E-state index contributed by atoms with van der Waals surface area (Å²) in [5, 5.41) is 9.32. The molecule has 3 nitrogen and oxygen atoms in total. The molecule has 3 heteroatoms. The predicted molar refractivity (Wildman–Crippen MR) is 84.2 cm³/mol. The van der Waals surface area contributed by atoms with Gasteiger partial charge in [-0.2, -0.15) is 0 Å². The van der Waals surface area contributed by atoms with Crippen molar-refractivity contribution in [1.82, 2.24) is 0 Å². The first-order valence-electron chi connectivity index (χ1n) is 7.52. The van der Waals surface area contributed by atoms with Gasteiger partial charge in [0, 0.05) is 5.69 Å². The van der Waals surface area contributed by atoms with E-state index in [1.54, 1.807) is 12.1 Å². The van der Waals surface area contributed by atoms with Gasteiger partial charge in [0.2, 0.25) is 0 Å². The number of benzene rings is 1. The molecule has 3 N–H and O–H groups in total. The molecule has 0 atom stereocenters. The fourth-order valence-electron chi connectivity index (χ4n) is 2.61. The highest BCUT2D eigenvalue weighted by Gasteiger charge is 2.25. The van der Waals surface area contributed by atoms with Crippen molar-refractivity contribution in [2.24, 2.45) is 0 Å². The Hall–Kier alpha value is -1.51. The lowest BCUT2D eigenvalue weighted by Crippen LogP contribution is -2.21. The Morgan fingerprint density at radius 2 is 1.85 bits per heavy atom. The molecule has 0 saturated carbocycles. The van der Waals surface area contributed by atoms with Crippen LogP contribution in [0.1, 0.15) is 75.2 Å². The molecule has 0 aromatic heterocycles. The summed E-state index contributed by atoms with van der Waals surface area (Å²) in [6.45, 7) is 6.41. The molecule has 0 radical (unpaired) electrons. The molecule has 112 valence electrons. The Labute approximate surface area is 122 Å². The van der Waals surface area contributed by atoms with Gasteiger partial charge < -0.3 is 10.8 Å². The third kappa shape index (κ3) is 4.55. The Morgan fingerprint density at radius 3 is 2.45 bits per heavy atom. The van der Waals surface area contributed by atoms with E-state index >= 15 is 0 Å². The summed E-state index contributed by atoms with van der Waals surface area (Å²) in [5.74, 6) is -0.876. The van der Waals surface area contributed by atoms with Crippen LogP contribution < -0.4 is 5.73 Å². The second kappa shape index (κ2) is 7.32. The van der Waals surface area contributed by atoms with Gasteiger partial charge in [-0.15, -0.1) is 0 Å². The highest BCUT2D eigenvalue weighted by Crippen LogP contribution is 2.33. The highest BCUT2D eigenvalue weighted by molar-refractivity contribution is 5.90. The quantitative estimate of drug-likeness (QED) is 0.539. The minimum absolute atomic E-state index is 0.157. The predicted octanol–water partition coefficient (Wildman–Crippen LogP) is 4.61. The van der Waals surface area contributed by atoms with Crippen molar-refractivity contribution in [2.45, 2.75) is 64.7 Å². The summed E-state index contributed by atoms with van der Waals surface area (Å²) in [7, 11) is 0. The standard InChI is InChI=1S/C17H27NO2/c1-4-5-6-7-8-11-17(2,3)15-12-13(18)9-10-14(15)16(19)20/h9-10,12H,4-8,11,18H2,1-3H3,(H,19,20). The van der Waals surface area contributed by atoms with Crippen molar-refractivity contribution < 1.29 is 9.90 Å². The smallest absolute Gasteiger partial charge is 0.335 e. The van der Waals surface area contributed by atoms with E-state index in [-0.39, 0.29) is 5.41 Å². The zero-order chi connectivity index (χ0) is 15.2. The fraction of sp³-hybridized carbons (Fsp3) is 0.588. The Kier molecular flexibility index (Phi) is 6.05. The van der Waals surface area contributed by atoms with Crippen LogP contribution in [0.15, 0.2) is 18.2 Å². The van der Waals surface area contributed by atoms with E-state index < -0.39 is 5.97 Å². The van der Waals surface area contributed by atoms with Gasteiger partial charge in [-0.3, -0.25) is 0 Å². The lowest BCUT2D eigenvalue weighted by atomic mass is 9.77. The maximum absolute atomic E-state index is 11.4. The van der Waals surface area contributed by atoms with E-state index in [4.69, 9.17) is 5.73 Å². The van der Waals surface area contributed by atoms with Gasteiger partial charge in [-0.25, -0.2) is 4.79 Å². The van der Waals surface area contributed by atoms with E-state index in [1.807, 2.05) is 6.07 Å². The van der Waals surface area contributed by atoms with Gasteiger partial charge in [0.15, 0.2) is 0 Å². The van der Waals surface area contributed by atoms with Crippen LogP contribution in [0.2, 0.25) is 0 Å². The average molecular weight is 277 g/mol. The summed E-state index contributed by atoms with van der Waals surface area (Å²) in [4.78, 5) is 11.4. The summed E-state index contributed by atoms with van der Waals surface area (Å²) in [6.07, 6.45) is 7.10. The maximum atomic E-state index is 11.4. The molecule has 1 aromatic carbocycles. The van der Waals surface area contributed by atoms with Crippen molar-refractivity contribution in [2.75, 3.05) is 5.73 Å². The van der Waals surface area contributed by atoms with Gasteiger partial charge in [-0.1, -0.05) is 52.9 Å². The number of hydrogen-bond acceptors (Lipinski definition) is 2. The number of anilines is 1. The van der Waals surface area contributed by atoms with Crippen LogP contribution in [0.25, 0.3) is 0 Å². The number of carboxylic acids is 1. The number of rotatable bonds is 8. The van der Waals surface area contributed by atoms with Crippen molar-refractivity contribution in [1.29, 1.82) is 0 Å². The highest BCUT2D eigenvalue weighted by atomic mass is 16.4. The molecule has 0 amide bonds. The SMILES string of the molecule is CCCCCCCC(C)(C)c1cc(N)ccc1C(=O)O. The Balaban J connectivity index is 2.80. The van der Waals surface area contributed by atoms with E-state index in [0.29, 0.717) is 11.3 Å². The number of unbranched alkanes of at least 4 members (excludes halogenated alkanes) is 4. The molecule has 0 unspecified atom stereocenters. The normalized spacial score (nSPS) is 11.6. The third-order valence-corrected chi connectivity index (χ3v) is 3.91. The van der Waals surface area contributed by atoms with Crippen molar-refractivity contribution in [3.63, 3.8) is 0 Å². The first-order valence-corrected chi connectivity index (χ1v) is 7.52. The maximum Gasteiger partial charge on any atom is 0.335 e. The van der Waals surface area contributed by atoms with Gasteiger partial charge >= 0.3 is 5.97 Å². The van der Waals surface area contributed by atoms with E-state index in [0.717, 1.165) is 18.4 Å². The number of aromatic carboxylic acids is 1. The molecule has 0 aliphatic rings. The summed E-state index contributed by atoms with van der Waals surface area (Å²) in [6, 6.07) is 5.09. The van der Waals surface area contributed by atoms with Gasteiger partial charge in [-0.05, 0) is 35.6 Å². The van der Waals surface area contributed by atoms with Crippen molar-refractivity contribution in [3.8, 4) is 0 Å². The molecule has 0 heterocycles. The lowest BCUT2D eigenvalue weighted by Gasteiger charge is -2.27. The number of carboxylic acid groups (broad SMARTS) is 1. The zero-order valence-electron chi connectivity index (χ0n) is 12.9. The Bertz CT molecular complexity index is 452. The minimum Gasteiger partial charge on any atom is -0.478 e. The van der Waals surface area contributed by atoms with Crippen LogP contribution in [0.3, 0.4) is 0 Å². The van der Waals surface area contributed by atoms with Crippen LogP contribution in [0.4, 0.5) is 5.69 Å². The second-order valence-electron chi connectivity index (χ2n) is 6.16. The summed E-state index contributed by atoms with van der Waals surface area (Å²) >= 11 is 0. The summed E-state index contributed by atoms with van der Waals surface area (Å²) < 4.78 is 0. The molecule has 1 aromatic rings. The molecule has 0 aliphatic heterocycles. The minimum atomic E-state index is -0.876. The molecule has 0 fully saturated rings. The second-order valence-corrected chi connectivity index (χ2v) is 6.16. The molecular weight excluding hydrogens is 250 g/mol. The average Bonchev–Trinajstić information content (AvgIpc) is 2.38. The molecular formula is C17H27NO2. The van der Waals surface area contributed by atoms with Gasteiger partial charge in [0.05, 0.1) is 5.56 Å². The van der Waals surface area contributed by atoms with E-state index in [2.05, 4.69) is 20.8 Å². The number of hydrogen-bond donors (Lipinski definition) is 2. The molecule has 20 heavy (non-hydrogen) atoms. The summed E-state index contributed by atoms with van der Waals surface area (Å²) in [5.41, 5.74) is 7.52. The number of nitrogens with two attached hydrogens (primary N) is 1. The molecule has 0 spiro atoms. The van der Waals surface area contributed by atoms with Gasteiger partial charge in [0.1, 0.15) is 0 Å². The molecule has 0 saturated heterocycles.